The Labute approximate surface area is 157 Å². The van der Waals surface area contributed by atoms with E-state index < -0.39 is 6.29 Å². The van der Waals surface area contributed by atoms with Gasteiger partial charge < -0.3 is 29.0 Å². The molecule has 0 saturated carbocycles. The number of ether oxygens (including phenoxy) is 5. The third-order valence-corrected chi connectivity index (χ3v) is 5.21. The van der Waals surface area contributed by atoms with Gasteiger partial charge in [0.15, 0.2) is 11.5 Å². The summed E-state index contributed by atoms with van der Waals surface area (Å²) in [6.07, 6.45) is 3.97. The van der Waals surface area contributed by atoms with Crippen molar-refractivity contribution in [3.63, 3.8) is 0 Å². The van der Waals surface area contributed by atoms with Gasteiger partial charge in [-0.15, -0.1) is 0 Å². The molecule has 7 heteroatoms. The van der Waals surface area contributed by atoms with Crippen LogP contribution in [0.15, 0.2) is 41.7 Å². The minimum Gasteiger partial charge on any atom is -0.486 e. The second-order valence-corrected chi connectivity index (χ2v) is 6.66. The van der Waals surface area contributed by atoms with Crippen molar-refractivity contribution < 1.29 is 28.5 Å². The van der Waals surface area contributed by atoms with E-state index >= 15 is 0 Å². The molecule has 1 aromatic rings. The molecule has 144 valence electrons. The van der Waals surface area contributed by atoms with Crippen molar-refractivity contribution in [2.45, 2.75) is 12.7 Å². The molecule has 7 nitrogen and oxygen atoms in total. The fourth-order valence-corrected chi connectivity index (χ4v) is 3.88. The van der Waals surface area contributed by atoms with Crippen molar-refractivity contribution in [3.8, 4) is 11.5 Å². The van der Waals surface area contributed by atoms with Gasteiger partial charge in [0.05, 0.1) is 24.9 Å². The topological polar surface area (TPSA) is 75.3 Å². The predicted octanol–water partition coefficient (Wildman–Crippen LogP) is 2.49. The van der Waals surface area contributed by atoms with Crippen molar-refractivity contribution in [1.82, 2.24) is 0 Å². The number of hydrogen-bond donors (Lipinski definition) is 1. The zero-order valence-corrected chi connectivity index (χ0v) is 15.4. The van der Waals surface area contributed by atoms with E-state index in [4.69, 9.17) is 23.7 Å². The fraction of sp³-hybridized carbons (Fsp3) is 0.450. The lowest BCUT2D eigenvalue weighted by Gasteiger charge is -2.34. The lowest BCUT2D eigenvalue weighted by atomic mass is 9.83. The number of carbonyl (C=O) groups excluding carboxylic acids is 1. The summed E-state index contributed by atoms with van der Waals surface area (Å²) in [5, 5.41) is 3.42. The van der Waals surface area contributed by atoms with Gasteiger partial charge in [-0.05, 0) is 24.1 Å². The molecule has 3 atom stereocenters. The molecule has 27 heavy (non-hydrogen) atoms. The zero-order chi connectivity index (χ0) is 18.8. The summed E-state index contributed by atoms with van der Waals surface area (Å²) in [5.41, 5.74) is 2.65. The van der Waals surface area contributed by atoms with Gasteiger partial charge in [0.1, 0.15) is 13.2 Å². The van der Waals surface area contributed by atoms with Gasteiger partial charge >= 0.3 is 5.97 Å². The molecular formula is C20H23NO6. The van der Waals surface area contributed by atoms with Gasteiger partial charge in [-0.25, -0.2) is 4.79 Å². The lowest BCUT2D eigenvalue weighted by molar-refractivity contribution is -0.146. The van der Waals surface area contributed by atoms with E-state index in [-0.39, 0.29) is 17.8 Å². The quantitative estimate of drug-likeness (QED) is 0.628. The SMILES string of the molecule is COC(=O)C1=CO[C@@H](OC)C2C(CNc3ccc4c(c3)OCCO4)=CCC12. The number of benzene rings is 1. The van der Waals surface area contributed by atoms with Crippen LogP contribution in [0.2, 0.25) is 0 Å². The molecule has 0 fully saturated rings. The van der Waals surface area contributed by atoms with E-state index in [0.29, 0.717) is 25.3 Å². The molecule has 0 aromatic heterocycles. The van der Waals surface area contributed by atoms with Gasteiger partial charge in [-0.3, -0.25) is 0 Å². The number of rotatable bonds is 5. The molecule has 2 unspecified atom stereocenters. The van der Waals surface area contributed by atoms with Crippen LogP contribution in [0.25, 0.3) is 0 Å². The molecule has 1 aliphatic carbocycles. The van der Waals surface area contributed by atoms with Crippen molar-refractivity contribution in [1.29, 1.82) is 0 Å². The van der Waals surface area contributed by atoms with Crippen LogP contribution in [0.4, 0.5) is 5.69 Å². The van der Waals surface area contributed by atoms with Crippen LogP contribution in [0, 0.1) is 11.8 Å². The summed E-state index contributed by atoms with van der Waals surface area (Å²) < 4.78 is 27.2. The van der Waals surface area contributed by atoms with Crippen molar-refractivity contribution in [2.75, 3.05) is 39.3 Å². The molecule has 0 amide bonds. The smallest absolute Gasteiger partial charge is 0.337 e. The van der Waals surface area contributed by atoms with Gasteiger partial charge in [-0.2, -0.15) is 0 Å². The molecule has 2 heterocycles. The van der Waals surface area contributed by atoms with E-state index in [9.17, 15) is 4.79 Å². The molecule has 2 aliphatic heterocycles. The Morgan fingerprint density at radius 1 is 1.22 bits per heavy atom. The molecular weight excluding hydrogens is 350 g/mol. The summed E-state index contributed by atoms with van der Waals surface area (Å²) in [6, 6.07) is 5.81. The highest BCUT2D eigenvalue weighted by Crippen LogP contribution is 2.43. The Bertz CT molecular complexity index is 787. The van der Waals surface area contributed by atoms with Gasteiger partial charge in [-0.1, -0.05) is 6.08 Å². The number of nitrogens with one attached hydrogen (secondary N) is 1. The summed E-state index contributed by atoms with van der Waals surface area (Å²) >= 11 is 0. The number of fused-ring (bicyclic) bond motifs is 2. The second kappa shape index (κ2) is 7.52. The molecule has 0 spiro atoms. The van der Waals surface area contributed by atoms with Gasteiger partial charge in [0, 0.05) is 31.3 Å². The highest BCUT2D eigenvalue weighted by Gasteiger charge is 2.44. The third-order valence-electron chi connectivity index (χ3n) is 5.21. The standard InChI is InChI=1S/C20H23NO6/c1-23-19(22)15-11-27-20(24-2)18-12(3-5-14(15)18)10-21-13-4-6-16-17(9-13)26-8-7-25-16/h3-4,6,9,11,14,18,20-21H,5,7-8,10H2,1-2H3/t14?,18?,20-/m1/s1. The van der Waals surface area contributed by atoms with E-state index in [1.54, 1.807) is 7.11 Å². The lowest BCUT2D eigenvalue weighted by Crippen LogP contribution is -2.37. The first-order valence-electron chi connectivity index (χ1n) is 9.00. The average molecular weight is 373 g/mol. The number of hydrogen-bond acceptors (Lipinski definition) is 7. The maximum Gasteiger partial charge on any atom is 0.337 e. The highest BCUT2D eigenvalue weighted by molar-refractivity contribution is 5.89. The first-order valence-corrected chi connectivity index (χ1v) is 9.00. The number of esters is 1. The van der Waals surface area contributed by atoms with E-state index in [1.165, 1.54) is 13.4 Å². The molecule has 4 rings (SSSR count). The number of allylic oxidation sites excluding steroid dienone is 1. The first kappa shape index (κ1) is 17.7. The number of anilines is 1. The van der Waals surface area contributed by atoms with E-state index in [2.05, 4.69) is 11.4 Å². The largest absolute Gasteiger partial charge is 0.486 e. The van der Waals surface area contributed by atoms with Crippen molar-refractivity contribution >= 4 is 11.7 Å². The molecule has 3 aliphatic rings. The van der Waals surface area contributed by atoms with Crippen LogP contribution in [0.1, 0.15) is 6.42 Å². The second-order valence-electron chi connectivity index (χ2n) is 6.66. The van der Waals surface area contributed by atoms with Crippen LogP contribution in [0.3, 0.4) is 0 Å². The van der Waals surface area contributed by atoms with Crippen LogP contribution in [-0.2, 0) is 19.0 Å². The normalized spacial score (nSPS) is 25.6. The maximum atomic E-state index is 12.1. The Morgan fingerprint density at radius 3 is 2.81 bits per heavy atom. The van der Waals surface area contributed by atoms with Gasteiger partial charge in [0.25, 0.3) is 0 Å². The monoisotopic (exact) mass is 373 g/mol. The highest BCUT2D eigenvalue weighted by atomic mass is 16.7. The van der Waals surface area contributed by atoms with Crippen LogP contribution in [0.5, 0.6) is 11.5 Å². The molecule has 1 aromatic carbocycles. The van der Waals surface area contributed by atoms with Crippen LogP contribution in [-0.4, -0.2) is 46.2 Å². The minimum atomic E-state index is -0.417. The summed E-state index contributed by atoms with van der Waals surface area (Å²) in [7, 11) is 3.00. The summed E-state index contributed by atoms with van der Waals surface area (Å²) in [6.45, 7) is 1.75. The van der Waals surface area contributed by atoms with E-state index in [1.807, 2.05) is 18.2 Å². The molecule has 1 N–H and O–H groups in total. The van der Waals surface area contributed by atoms with E-state index in [0.717, 1.165) is 29.2 Å². The van der Waals surface area contributed by atoms with Crippen LogP contribution < -0.4 is 14.8 Å². The molecule has 0 saturated heterocycles. The fourth-order valence-electron chi connectivity index (χ4n) is 3.88. The van der Waals surface area contributed by atoms with Crippen molar-refractivity contribution in [2.24, 2.45) is 11.8 Å². The Hall–Kier alpha value is -2.67. The number of carbonyl (C=O) groups is 1. The average Bonchev–Trinajstić information content (AvgIpc) is 3.15. The Balaban J connectivity index is 1.47. The van der Waals surface area contributed by atoms with Crippen LogP contribution >= 0.6 is 0 Å². The summed E-state index contributed by atoms with van der Waals surface area (Å²) in [4.78, 5) is 12.1. The Morgan fingerprint density at radius 2 is 2.04 bits per heavy atom. The van der Waals surface area contributed by atoms with Gasteiger partial charge in [0.2, 0.25) is 6.29 Å². The third kappa shape index (κ3) is 3.35. The zero-order valence-electron chi connectivity index (χ0n) is 15.4. The molecule has 0 bridgehead atoms. The first-order chi connectivity index (χ1) is 13.2. The minimum absolute atomic E-state index is 0.00761. The predicted molar refractivity (Wildman–Crippen MR) is 97.6 cm³/mol. The Kier molecular flexibility index (Phi) is 4.94. The number of methoxy groups -OCH3 is 2. The molecule has 0 radical (unpaired) electrons. The maximum absolute atomic E-state index is 12.1. The van der Waals surface area contributed by atoms with Crippen molar-refractivity contribution in [3.05, 3.63) is 41.7 Å². The summed E-state index contributed by atoms with van der Waals surface area (Å²) in [5.74, 6) is 1.14.